The fourth-order valence-electron chi connectivity index (χ4n) is 0.841. The highest BCUT2D eigenvalue weighted by molar-refractivity contribution is 9.10. The maximum Gasteiger partial charge on any atom is 0.414 e. The zero-order valence-corrected chi connectivity index (χ0v) is 8.51. The second kappa shape index (κ2) is 4.27. The van der Waals surface area contributed by atoms with Crippen LogP contribution in [-0.2, 0) is 6.42 Å². The van der Waals surface area contributed by atoms with Crippen molar-refractivity contribution < 1.29 is 18.3 Å². The molecular weight excluding hydrogens is 263 g/mol. The van der Waals surface area contributed by atoms with Crippen molar-refractivity contribution in [3.63, 3.8) is 0 Å². The molecule has 1 heterocycles. The van der Waals surface area contributed by atoms with Gasteiger partial charge in [0.05, 0.1) is 0 Å². The van der Waals surface area contributed by atoms with Crippen LogP contribution in [0.5, 0.6) is 0 Å². The molecule has 0 bridgehead atoms. The van der Waals surface area contributed by atoms with Gasteiger partial charge in [-0.25, -0.2) is 0 Å². The summed E-state index contributed by atoms with van der Waals surface area (Å²) < 4.78 is 36.5. The van der Waals surface area contributed by atoms with Crippen molar-refractivity contribution in [3.05, 3.63) is 28.5 Å². The Morgan fingerprint density at radius 3 is 2.50 bits per heavy atom. The lowest BCUT2D eigenvalue weighted by Crippen LogP contribution is -2.30. The summed E-state index contributed by atoms with van der Waals surface area (Å²) in [5.41, 5.74) is 0.207. The first-order valence-electron chi connectivity index (χ1n) is 3.75. The Morgan fingerprint density at radius 2 is 2.07 bits per heavy atom. The largest absolute Gasteiger partial charge is 0.414 e. The Balaban J connectivity index is 2.65. The van der Waals surface area contributed by atoms with E-state index in [1.165, 1.54) is 12.3 Å². The number of hydrogen-bond acceptors (Lipinski definition) is 2. The number of hydrogen-bond donors (Lipinski definition) is 1. The number of halogens is 4. The third-order valence-electron chi connectivity index (χ3n) is 1.57. The quantitative estimate of drug-likeness (QED) is 0.894. The number of rotatable bonds is 2. The van der Waals surface area contributed by atoms with Gasteiger partial charge in [0.25, 0.3) is 0 Å². The normalized spacial score (nSPS) is 14.1. The summed E-state index contributed by atoms with van der Waals surface area (Å²) in [5.74, 6) is 0. The van der Waals surface area contributed by atoms with Crippen LogP contribution in [0.15, 0.2) is 22.8 Å². The smallest absolute Gasteiger partial charge is 0.383 e. The lowest BCUT2D eigenvalue weighted by Gasteiger charge is -2.13. The Morgan fingerprint density at radius 1 is 1.43 bits per heavy atom. The molecule has 0 aromatic carbocycles. The molecule has 2 nitrogen and oxygen atoms in total. The SMILES string of the molecule is O[C@@H](Cc1ccc(Br)cn1)C(F)(F)F. The van der Waals surface area contributed by atoms with E-state index >= 15 is 0 Å². The van der Waals surface area contributed by atoms with Crippen LogP contribution in [0.1, 0.15) is 5.69 Å². The Hall–Kier alpha value is -0.620. The molecule has 0 aliphatic heterocycles. The molecule has 1 N–H and O–H groups in total. The molecule has 0 fully saturated rings. The van der Waals surface area contributed by atoms with Crippen LogP contribution in [-0.4, -0.2) is 22.4 Å². The molecule has 14 heavy (non-hydrogen) atoms. The second-order valence-electron chi connectivity index (χ2n) is 2.73. The van der Waals surface area contributed by atoms with E-state index in [1.807, 2.05) is 0 Å². The van der Waals surface area contributed by atoms with Crippen molar-refractivity contribution >= 4 is 15.9 Å². The van der Waals surface area contributed by atoms with E-state index in [0.29, 0.717) is 4.47 Å². The third-order valence-corrected chi connectivity index (χ3v) is 2.04. The summed E-state index contributed by atoms with van der Waals surface area (Å²) in [6.45, 7) is 0. The minimum absolute atomic E-state index is 0.207. The van der Waals surface area contributed by atoms with E-state index in [4.69, 9.17) is 5.11 Å². The Kier molecular flexibility index (Phi) is 3.49. The summed E-state index contributed by atoms with van der Waals surface area (Å²) in [7, 11) is 0. The first kappa shape index (κ1) is 11.5. The molecule has 0 saturated carbocycles. The van der Waals surface area contributed by atoms with Gasteiger partial charge in [-0.3, -0.25) is 4.98 Å². The van der Waals surface area contributed by atoms with Gasteiger partial charge in [0.2, 0.25) is 0 Å². The van der Waals surface area contributed by atoms with Gasteiger partial charge in [-0.2, -0.15) is 13.2 Å². The van der Waals surface area contributed by atoms with Gasteiger partial charge in [-0.05, 0) is 28.1 Å². The van der Waals surface area contributed by atoms with Gasteiger partial charge in [-0.15, -0.1) is 0 Å². The fourth-order valence-corrected chi connectivity index (χ4v) is 1.08. The van der Waals surface area contributed by atoms with Crippen LogP contribution in [0.4, 0.5) is 13.2 Å². The van der Waals surface area contributed by atoms with E-state index in [1.54, 1.807) is 6.07 Å². The summed E-state index contributed by atoms with van der Waals surface area (Å²) >= 11 is 3.10. The average molecular weight is 270 g/mol. The Labute approximate surface area is 86.9 Å². The first-order valence-corrected chi connectivity index (χ1v) is 4.54. The number of aliphatic hydroxyl groups is 1. The van der Waals surface area contributed by atoms with E-state index < -0.39 is 18.7 Å². The zero-order valence-electron chi connectivity index (χ0n) is 6.92. The highest BCUT2D eigenvalue weighted by Crippen LogP contribution is 2.22. The molecule has 0 saturated heterocycles. The van der Waals surface area contributed by atoms with Crippen molar-refractivity contribution in [2.24, 2.45) is 0 Å². The minimum Gasteiger partial charge on any atom is -0.383 e. The van der Waals surface area contributed by atoms with Gasteiger partial charge in [0.1, 0.15) is 0 Å². The lowest BCUT2D eigenvalue weighted by atomic mass is 10.2. The molecule has 0 aliphatic carbocycles. The summed E-state index contributed by atoms with van der Waals surface area (Å²) in [4.78, 5) is 3.72. The topological polar surface area (TPSA) is 33.1 Å². The number of aliphatic hydroxyl groups excluding tert-OH is 1. The zero-order chi connectivity index (χ0) is 10.8. The van der Waals surface area contributed by atoms with Crippen molar-refractivity contribution in [2.75, 3.05) is 0 Å². The number of pyridine rings is 1. The monoisotopic (exact) mass is 269 g/mol. The van der Waals surface area contributed by atoms with E-state index in [9.17, 15) is 13.2 Å². The summed E-state index contributed by atoms with van der Waals surface area (Å²) in [6.07, 6.45) is -6.07. The van der Waals surface area contributed by atoms with Gasteiger partial charge in [0.15, 0.2) is 6.10 Å². The third kappa shape index (κ3) is 3.26. The molecule has 0 amide bonds. The highest BCUT2D eigenvalue weighted by atomic mass is 79.9. The maximum atomic E-state index is 11.9. The summed E-state index contributed by atoms with van der Waals surface area (Å²) in [6, 6.07) is 3.00. The molecule has 0 spiro atoms. The highest BCUT2D eigenvalue weighted by Gasteiger charge is 2.38. The van der Waals surface area contributed by atoms with Gasteiger partial charge >= 0.3 is 6.18 Å². The minimum atomic E-state index is -4.59. The van der Waals surface area contributed by atoms with Crippen molar-refractivity contribution in [1.82, 2.24) is 4.98 Å². The first-order chi connectivity index (χ1) is 6.39. The number of alkyl halides is 3. The van der Waals surface area contributed by atoms with Crippen molar-refractivity contribution in [3.8, 4) is 0 Å². The van der Waals surface area contributed by atoms with Gasteiger partial charge in [-0.1, -0.05) is 0 Å². The van der Waals surface area contributed by atoms with E-state index in [-0.39, 0.29) is 5.69 Å². The van der Waals surface area contributed by atoms with Crippen LogP contribution in [0, 0.1) is 0 Å². The molecule has 6 heteroatoms. The van der Waals surface area contributed by atoms with Crippen molar-refractivity contribution in [2.45, 2.75) is 18.7 Å². The molecule has 78 valence electrons. The van der Waals surface area contributed by atoms with Crippen LogP contribution in [0.25, 0.3) is 0 Å². The van der Waals surface area contributed by atoms with Gasteiger partial charge in [0, 0.05) is 22.8 Å². The molecule has 1 rings (SSSR count). The summed E-state index contributed by atoms with van der Waals surface area (Å²) in [5, 5.41) is 8.73. The lowest BCUT2D eigenvalue weighted by molar-refractivity contribution is -0.203. The van der Waals surface area contributed by atoms with Crippen LogP contribution < -0.4 is 0 Å². The molecule has 1 atom stereocenters. The number of nitrogens with zero attached hydrogens (tertiary/aromatic N) is 1. The molecule has 0 aliphatic rings. The Bertz CT molecular complexity index is 298. The second-order valence-corrected chi connectivity index (χ2v) is 3.64. The van der Waals surface area contributed by atoms with Crippen LogP contribution in [0.2, 0.25) is 0 Å². The molecule has 1 aromatic heterocycles. The number of aromatic nitrogens is 1. The van der Waals surface area contributed by atoms with Crippen LogP contribution in [0.3, 0.4) is 0 Å². The maximum absolute atomic E-state index is 11.9. The fraction of sp³-hybridized carbons (Fsp3) is 0.375. The van der Waals surface area contributed by atoms with E-state index in [2.05, 4.69) is 20.9 Å². The average Bonchev–Trinajstić information content (AvgIpc) is 2.07. The predicted octanol–water partition coefficient (Wildman–Crippen LogP) is 2.31. The standard InChI is InChI=1S/C8H7BrF3NO/c9-5-1-2-6(13-4-5)3-7(14)8(10,11)12/h1-2,4,7,14H,3H2/t7-/m0/s1. The van der Waals surface area contributed by atoms with Crippen LogP contribution >= 0.6 is 15.9 Å². The van der Waals surface area contributed by atoms with Crippen molar-refractivity contribution in [1.29, 1.82) is 0 Å². The van der Waals surface area contributed by atoms with Gasteiger partial charge < -0.3 is 5.11 Å². The molecule has 0 unspecified atom stereocenters. The molecule has 1 aromatic rings. The predicted molar refractivity (Wildman–Crippen MR) is 47.7 cm³/mol. The molecule has 0 radical (unpaired) electrons. The molecular formula is C8H7BrF3NO. The van der Waals surface area contributed by atoms with E-state index in [0.717, 1.165) is 0 Å².